The number of nitrogens with zero attached hydrogens (tertiary/aromatic N) is 4. The number of aryl methyl sites for hydroxylation is 1. The summed E-state index contributed by atoms with van der Waals surface area (Å²) in [7, 11) is 3.79. The van der Waals surface area contributed by atoms with Crippen LogP contribution in [-0.4, -0.2) is 62.7 Å². The van der Waals surface area contributed by atoms with Crippen molar-refractivity contribution in [1.82, 2.24) is 20.5 Å². The Morgan fingerprint density at radius 2 is 1.84 bits per heavy atom. The molecule has 10 heteroatoms. The number of aliphatic imine (C=N–C) groups is 1. The second-order valence-corrected chi connectivity index (χ2v) is 7.58. The number of halogens is 3. The molecular weight excluding hydrogens is 529 g/mol. The summed E-state index contributed by atoms with van der Waals surface area (Å²) in [6.07, 6.45) is 1.86. The summed E-state index contributed by atoms with van der Waals surface area (Å²) in [6.45, 7) is 3.94. The molecule has 0 aliphatic carbocycles. The summed E-state index contributed by atoms with van der Waals surface area (Å²) in [5, 5.41) is 6.37. The van der Waals surface area contributed by atoms with Gasteiger partial charge in [-0.05, 0) is 31.7 Å². The summed E-state index contributed by atoms with van der Waals surface area (Å²) in [5.41, 5.74) is 2.63. The van der Waals surface area contributed by atoms with Crippen molar-refractivity contribution in [2.75, 3.05) is 45.2 Å². The van der Waals surface area contributed by atoms with E-state index in [2.05, 4.69) is 48.3 Å². The van der Waals surface area contributed by atoms with E-state index in [1.165, 1.54) is 0 Å². The minimum absolute atomic E-state index is 0. The first-order valence-electron chi connectivity index (χ1n) is 10.3. The van der Waals surface area contributed by atoms with Gasteiger partial charge in [-0.3, -0.25) is 4.99 Å². The fraction of sp³-hybridized carbons (Fsp3) is 0.455. The zero-order valence-electron chi connectivity index (χ0n) is 18.6. The van der Waals surface area contributed by atoms with Gasteiger partial charge in [-0.2, -0.15) is 8.78 Å². The highest BCUT2D eigenvalue weighted by molar-refractivity contribution is 14.0. The van der Waals surface area contributed by atoms with Crippen molar-refractivity contribution in [3.05, 3.63) is 53.2 Å². The summed E-state index contributed by atoms with van der Waals surface area (Å²) < 4.78 is 29.9. The zero-order chi connectivity index (χ0) is 22.2. The number of aromatic nitrogens is 1. The molecule has 1 aromatic heterocycles. The van der Waals surface area contributed by atoms with Gasteiger partial charge < -0.3 is 25.2 Å². The van der Waals surface area contributed by atoms with Gasteiger partial charge in [0.1, 0.15) is 11.6 Å². The number of alkyl halides is 2. The number of piperazine rings is 1. The second kappa shape index (κ2) is 12.7. The van der Waals surface area contributed by atoms with E-state index < -0.39 is 6.61 Å². The molecule has 7 nitrogen and oxygen atoms in total. The molecule has 0 saturated carbocycles. The van der Waals surface area contributed by atoms with E-state index in [4.69, 9.17) is 0 Å². The molecule has 0 amide bonds. The van der Waals surface area contributed by atoms with E-state index in [-0.39, 0.29) is 29.7 Å². The largest absolute Gasteiger partial charge is 0.434 e. The van der Waals surface area contributed by atoms with E-state index in [9.17, 15) is 8.78 Å². The standard InChI is InChI=1S/C22H30F2N6O.HI/c1-16-4-6-19(31-21(23)24)18(12-16)15-28-22(25-2)27-14-17-5-7-20(26-13-17)30-10-8-29(3)9-11-30;/h4-7,12-13,21H,8-11,14-15H2,1-3H3,(H2,25,27,28);1H. The lowest BCUT2D eigenvalue weighted by molar-refractivity contribution is -0.0504. The van der Waals surface area contributed by atoms with Gasteiger partial charge in [0.05, 0.1) is 0 Å². The predicted octanol–water partition coefficient (Wildman–Crippen LogP) is 3.23. The van der Waals surface area contributed by atoms with Crippen molar-refractivity contribution in [1.29, 1.82) is 0 Å². The maximum absolute atomic E-state index is 12.6. The van der Waals surface area contributed by atoms with Crippen molar-refractivity contribution in [3.63, 3.8) is 0 Å². The molecule has 3 rings (SSSR count). The fourth-order valence-electron chi connectivity index (χ4n) is 3.39. The molecule has 2 heterocycles. The Morgan fingerprint density at radius 3 is 2.47 bits per heavy atom. The van der Waals surface area contributed by atoms with E-state index in [1.807, 2.05) is 25.3 Å². The van der Waals surface area contributed by atoms with Crippen LogP contribution in [0.1, 0.15) is 16.7 Å². The predicted molar refractivity (Wildman–Crippen MR) is 134 cm³/mol. The summed E-state index contributed by atoms with van der Waals surface area (Å²) in [4.78, 5) is 13.4. The molecular formula is C22H31F2IN6O. The average Bonchev–Trinajstić information content (AvgIpc) is 2.76. The number of hydrogen-bond donors (Lipinski definition) is 2. The normalized spacial score (nSPS) is 14.8. The first-order valence-corrected chi connectivity index (χ1v) is 10.3. The van der Waals surface area contributed by atoms with Crippen LogP contribution in [0.2, 0.25) is 0 Å². The molecule has 1 saturated heterocycles. The quantitative estimate of drug-likeness (QED) is 0.308. The maximum Gasteiger partial charge on any atom is 0.387 e. The van der Waals surface area contributed by atoms with Crippen molar-refractivity contribution in [3.8, 4) is 5.75 Å². The Labute approximate surface area is 205 Å². The smallest absolute Gasteiger partial charge is 0.387 e. The van der Waals surface area contributed by atoms with Crippen molar-refractivity contribution in [2.24, 2.45) is 4.99 Å². The summed E-state index contributed by atoms with van der Waals surface area (Å²) >= 11 is 0. The SMILES string of the molecule is CN=C(NCc1ccc(N2CCN(C)CC2)nc1)NCc1cc(C)ccc1OC(F)F.I. The third-order valence-electron chi connectivity index (χ3n) is 5.20. The van der Waals surface area contributed by atoms with Crippen molar-refractivity contribution < 1.29 is 13.5 Å². The lowest BCUT2D eigenvalue weighted by Crippen LogP contribution is -2.44. The highest BCUT2D eigenvalue weighted by Gasteiger charge is 2.15. The number of likely N-dealkylation sites (N-methyl/N-ethyl adjacent to an activating group) is 1. The Balaban J connectivity index is 0.00000363. The highest BCUT2D eigenvalue weighted by Crippen LogP contribution is 2.22. The van der Waals surface area contributed by atoms with Gasteiger partial charge in [0.2, 0.25) is 0 Å². The maximum atomic E-state index is 12.6. The van der Waals surface area contributed by atoms with Crippen LogP contribution in [0, 0.1) is 6.92 Å². The van der Waals surface area contributed by atoms with Gasteiger partial charge in [0.15, 0.2) is 5.96 Å². The third-order valence-corrected chi connectivity index (χ3v) is 5.20. The van der Waals surface area contributed by atoms with Crippen LogP contribution in [-0.2, 0) is 13.1 Å². The van der Waals surface area contributed by atoms with Crippen LogP contribution in [0.25, 0.3) is 0 Å². The van der Waals surface area contributed by atoms with E-state index >= 15 is 0 Å². The van der Waals surface area contributed by atoms with Gasteiger partial charge in [-0.25, -0.2) is 4.98 Å². The van der Waals surface area contributed by atoms with Gasteiger partial charge in [0.25, 0.3) is 0 Å². The van der Waals surface area contributed by atoms with Crippen LogP contribution in [0.3, 0.4) is 0 Å². The topological polar surface area (TPSA) is 65.0 Å². The monoisotopic (exact) mass is 560 g/mol. The zero-order valence-corrected chi connectivity index (χ0v) is 21.0. The molecule has 0 radical (unpaired) electrons. The number of rotatable bonds is 7. The Kier molecular flexibility index (Phi) is 10.4. The fourth-order valence-corrected chi connectivity index (χ4v) is 3.39. The summed E-state index contributed by atoms with van der Waals surface area (Å²) in [6, 6.07) is 9.21. The number of anilines is 1. The van der Waals surface area contributed by atoms with E-state index in [0.29, 0.717) is 24.6 Å². The number of hydrogen-bond acceptors (Lipinski definition) is 5. The number of guanidine groups is 1. The van der Waals surface area contributed by atoms with E-state index in [0.717, 1.165) is 43.1 Å². The van der Waals surface area contributed by atoms with Crippen LogP contribution >= 0.6 is 24.0 Å². The highest BCUT2D eigenvalue weighted by atomic mass is 127. The molecule has 176 valence electrons. The number of ether oxygens (including phenoxy) is 1. The van der Waals surface area contributed by atoms with Gasteiger partial charge in [-0.1, -0.05) is 23.8 Å². The molecule has 0 atom stereocenters. The van der Waals surface area contributed by atoms with Crippen molar-refractivity contribution in [2.45, 2.75) is 26.6 Å². The van der Waals surface area contributed by atoms with Crippen LogP contribution in [0.5, 0.6) is 5.75 Å². The van der Waals surface area contributed by atoms with Crippen LogP contribution in [0.15, 0.2) is 41.5 Å². The Hall–Kier alpha value is -2.21. The molecule has 0 spiro atoms. The van der Waals surface area contributed by atoms with Gasteiger partial charge >= 0.3 is 6.61 Å². The molecule has 1 fully saturated rings. The molecule has 0 bridgehead atoms. The Morgan fingerprint density at radius 1 is 1.12 bits per heavy atom. The van der Waals surface area contributed by atoms with E-state index in [1.54, 1.807) is 19.2 Å². The second-order valence-electron chi connectivity index (χ2n) is 7.58. The molecule has 2 N–H and O–H groups in total. The first-order chi connectivity index (χ1) is 14.9. The molecule has 2 aromatic rings. The van der Waals surface area contributed by atoms with Crippen molar-refractivity contribution >= 4 is 35.8 Å². The lowest BCUT2D eigenvalue weighted by atomic mass is 10.1. The Bertz CT molecular complexity index is 873. The minimum Gasteiger partial charge on any atom is -0.434 e. The number of pyridine rings is 1. The minimum atomic E-state index is -2.86. The molecule has 1 aliphatic heterocycles. The first kappa shape index (κ1) is 26.0. The molecule has 32 heavy (non-hydrogen) atoms. The number of nitrogens with one attached hydrogen (secondary N) is 2. The lowest BCUT2D eigenvalue weighted by Gasteiger charge is -2.33. The van der Waals surface area contributed by atoms with Crippen LogP contribution in [0.4, 0.5) is 14.6 Å². The molecule has 1 aliphatic rings. The molecule has 0 unspecified atom stereocenters. The third kappa shape index (κ3) is 7.73. The molecule has 1 aromatic carbocycles. The summed E-state index contributed by atoms with van der Waals surface area (Å²) in [5.74, 6) is 1.71. The van der Waals surface area contributed by atoms with Gasteiger partial charge in [-0.15, -0.1) is 24.0 Å². The average molecular weight is 560 g/mol. The van der Waals surface area contributed by atoms with Gasteiger partial charge in [0, 0.05) is 58.1 Å². The number of benzene rings is 1. The van der Waals surface area contributed by atoms with Crippen LogP contribution < -0.4 is 20.3 Å².